The van der Waals surface area contributed by atoms with Crippen LogP contribution >= 0.6 is 0 Å². The molecule has 0 unspecified atom stereocenters. The smallest absolute Gasteiger partial charge is 0.251 e. The van der Waals surface area contributed by atoms with Gasteiger partial charge in [-0.05, 0) is 49.6 Å². The number of carbonyl (C=O) groups excluding carboxylic acids is 1. The van der Waals surface area contributed by atoms with Gasteiger partial charge >= 0.3 is 0 Å². The van der Waals surface area contributed by atoms with Crippen molar-refractivity contribution in [2.75, 3.05) is 7.11 Å². The molecular weight excluding hydrogens is 290 g/mol. The van der Waals surface area contributed by atoms with E-state index < -0.39 is 0 Å². The Kier molecular flexibility index (Phi) is 4.51. The Morgan fingerprint density at radius 3 is 2.65 bits per heavy atom. The third kappa shape index (κ3) is 3.83. The number of benzene rings is 2. The predicted molar refractivity (Wildman–Crippen MR) is 89.0 cm³/mol. The van der Waals surface area contributed by atoms with E-state index in [1.165, 1.54) is 0 Å². The molecule has 1 aliphatic rings. The van der Waals surface area contributed by atoms with E-state index in [2.05, 4.69) is 5.32 Å². The fourth-order valence-electron chi connectivity index (χ4n) is 2.40. The summed E-state index contributed by atoms with van der Waals surface area (Å²) in [5.74, 6) is 1.52. The first kappa shape index (κ1) is 15.4. The lowest BCUT2D eigenvalue weighted by Crippen LogP contribution is -2.25. The highest BCUT2D eigenvalue weighted by Crippen LogP contribution is 2.25. The van der Waals surface area contributed by atoms with Gasteiger partial charge in [0.25, 0.3) is 5.91 Å². The van der Waals surface area contributed by atoms with Gasteiger partial charge in [-0.25, -0.2) is 0 Å². The summed E-state index contributed by atoms with van der Waals surface area (Å²) in [7, 11) is 1.62. The molecule has 0 atom stereocenters. The number of amides is 1. The Morgan fingerprint density at radius 1 is 1.17 bits per heavy atom. The Bertz CT molecular complexity index is 708. The van der Waals surface area contributed by atoms with Crippen molar-refractivity contribution in [1.82, 2.24) is 5.32 Å². The van der Waals surface area contributed by atoms with Gasteiger partial charge in [-0.15, -0.1) is 0 Å². The van der Waals surface area contributed by atoms with Gasteiger partial charge in [0.1, 0.15) is 18.1 Å². The minimum absolute atomic E-state index is 0.0349. The van der Waals surface area contributed by atoms with Gasteiger partial charge in [0.15, 0.2) is 0 Å². The fourth-order valence-corrected chi connectivity index (χ4v) is 2.40. The second kappa shape index (κ2) is 6.73. The molecule has 0 heterocycles. The van der Waals surface area contributed by atoms with Gasteiger partial charge in [-0.1, -0.05) is 18.2 Å². The number of carbonyl (C=O) groups is 1. The number of aryl methyl sites for hydroxylation is 1. The van der Waals surface area contributed by atoms with E-state index in [1.807, 2.05) is 43.3 Å². The van der Waals surface area contributed by atoms with E-state index in [0.29, 0.717) is 18.2 Å². The lowest BCUT2D eigenvalue weighted by Gasteiger charge is -2.13. The first-order valence-electron chi connectivity index (χ1n) is 7.83. The zero-order chi connectivity index (χ0) is 16.2. The third-order valence-electron chi connectivity index (χ3n) is 3.93. The minimum Gasteiger partial charge on any atom is -0.496 e. The molecule has 0 saturated heterocycles. The predicted octanol–water partition coefficient (Wildman–Crippen LogP) is 3.47. The molecular formula is C19H21NO3. The summed E-state index contributed by atoms with van der Waals surface area (Å²) < 4.78 is 11.3. The zero-order valence-electron chi connectivity index (χ0n) is 13.5. The average Bonchev–Trinajstić information content (AvgIpc) is 3.37. The number of methoxy groups -OCH3 is 1. The van der Waals surface area contributed by atoms with E-state index in [-0.39, 0.29) is 5.91 Å². The van der Waals surface area contributed by atoms with Gasteiger partial charge in [-0.3, -0.25) is 4.79 Å². The second-order valence-electron chi connectivity index (χ2n) is 5.83. The van der Waals surface area contributed by atoms with Crippen LogP contribution in [0.4, 0.5) is 0 Å². The molecule has 1 amide bonds. The summed E-state index contributed by atoms with van der Waals surface area (Å²) in [6.45, 7) is 2.37. The third-order valence-corrected chi connectivity index (χ3v) is 3.93. The molecule has 23 heavy (non-hydrogen) atoms. The zero-order valence-corrected chi connectivity index (χ0v) is 13.5. The molecule has 4 nitrogen and oxygen atoms in total. The second-order valence-corrected chi connectivity index (χ2v) is 5.83. The topological polar surface area (TPSA) is 47.6 Å². The number of hydrogen-bond acceptors (Lipinski definition) is 3. The summed E-state index contributed by atoms with van der Waals surface area (Å²) >= 11 is 0. The number of nitrogens with one attached hydrogen (secondary N) is 1. The van der Waals surface area contributed by atoms with Crippen molar-refractivity contribution in [1.29, 1.82) is 0 Å². The van der Waals surface area contributed by atoms with Crippen LogP contribution in [0.5, 0.6) is 11.5 Å². The molecule has 120 valence electrons. The van der Waals surface area contributed by atoms with Gasteiger partial charge in [0.2, 0.25) is 0 Å². The summed E-state index contributed by atoms with van der Waals surface area (Å²) in [6, 6.07) is 13.7. The highest BCUT2D eigenvalue weighted by Gasteiger charge is 2.24. The van der Waals surface area contributed by atoms with Crippen molar-refractivity contribution in [2.45, 2.75) is 32.4 Å². The van der Waals surface area contributed by atoms with Gasteiger partial charge < -0.3 is 14.8 Å². The van der Waals surface area contributed by atoms with Crippen LogP contribution in [-0.2, 0) is 6.61 Å². The van der Waals surface area contributed by atoms with E-state index in [9.17, 15) is 4.79 Å². The summed E-state index contributed by atoms with van der Waals surface area (Å²) in [5, 5.41) is 3.00. The Hall–Kier alpha value is -2.49. The highest BCUT2D eigenvalue weighted by molar-refractivity contribution is 5.95. The standard InChI is InChI=1S/C19H21NO3/c1-13-5-3-4-6-17(13)23-12-15-11-14(7-10-18(15)22-2)19(21)20-16-8-9-16/h3-7,10-11,16H,8-9,12H2,1-2H3,(H,20,21). The minimum atomic E-state index is -0.0349. The van der Waals surface area contributed by atoms with E-state index >= 15 is 0 Å². The number of ether oxygens (including phenoxy) is 2. The summed E-state index contributed by atoms with van der Waals surface area (Å²) in [5.41, 5.74) is 2.58. The van der Waals surface area contributed by atoms with Crippen molar-refractivity contribution in [3.8, 4) is 11.5 Å². The molecule has 0 aliphatic heterocycles. The number of para-hydroxylation sites is 1. The van der Waals surface area contributed by atoms with Crippen molar-refractivity contribution in [3.05, 3.63) is 59.2 Å². The Labute approximate surface area is 136 Å². The molecule has 0 bridgehead atoms. The largest absolute Gasteiger partial charge is 0.496 e. The van der Waals surface area contributed by atoms with Crippen LogP contribution in [0.15, 0.2) is 42.5 Å². The van der Waals surface area contributed by atoms with Crippen LogP contribution in [0.3, 0.4) is 0 Å². The SMILES string of the molecule is COc1ccc(C(=O)NC2CC2)cc1COc1ccccc1C. The van der Waals surface area contributed by atoms with Crippen LogP contribution in [0.1, 0.15) is 34.3 Å². The first-order valence-corrected chi connectivity index (χ1v) is 7.83. The lowest BCUT2D eigenvalue weighted by atomic mass is 10.1. The van der Waals surface area contributed by atoms with E-state index in [4.69, 9.17) is 9.47 Å². The van der Waals surface area contributed by atoms with Gasteiger partial charge in [0.05, 0.1) is 7.11 Å². The molecule has 1 aliphatic carbocycles. The van der Waals surface area contributed by atoms with Crippen LogP contribution in [0.25, 0.3) is 0 Å². The molecule has 0 spiro atoms. The molecule has 1 N–H and O–H groups in total. The molecule has 0 aromatic heterocycles. The lowest BCUT2D eigenvalue weighted by molar-refractivity contribution is 0.0951. The van der Waals surface area contributed by atoms with E-state index in [1.54, 1.807) is 13.2 Å². The quantitative estimate of drug-likeness (QED) is 0.888. The maximum atomic E-state index is 12.2. The molecule has 1 fully saturated rings. The van der Waals surface area contributed by atoms with Crippen LogP contribution < -0.4 is 14.8 Å². The molecule has 1 saturated carbocycles. The van der Waals surface area contributed by atoms with Crippen molar-refractivity contribution in [3.63, 3.8) is 0 Å². The first-order chi connectivity index (χ1) is 11.2. The maximum absolute atomic E-state index is 12.2. The Balaban J connectivity index is 1.76. The van der Waals surface area contributed by atoms with Crippen molar-refractivity contribution in [2.24, 2.45) is 0 Å². The van der Waals surface area contributed by atoms with Crippen molar-refractivity contribution >= 4 is 5.91 Å². The van der Waals surface area contributed by atoms with E-state index in [0.717, 1.165) is 35.5 Å². The molecule has 2 aromatic rings. The maximum Gasteiger partial charge on any atom is 0.251 e. The average molecular weight is 311 g/mol. The van der Waals surface area contributed by atoms with Gasteiger partial charge in [-0.2, -0.15) is 0 Å². The van der Waals surface area contributed by atoms with Crippen LogP contribution in [-0.4, -0.2) is 19.1 Å². The number of rotatable bonds is 6. The summed E-state index contributed by atoms with van der Waals surface area (Å²) in [4.78, 5) is 12.2. The normalized spacial score (nSPS) is 13.5. The Morgan fingerprint density at radius 2 is 1.96 bits per heavy atom. The monoisotopic (exact) mass is 311 g/mol. The van der Waals surface area contributed by atoms with Crippen LogP contribution in [0.2, 0.25) is 0 Å². The fraction of sp³-hybridized carbons (Fsp3) is 0.316. The summed E-state index contributed by atoms with van der Waals surface area (Å²) in [6.07, 6.45) is 2.15. The molecule has 2 aromatic carbocycles. The van der Waals surface area contributed by atoms with Gasteiger partial charge in [0, 0.05) is 17.2 Å². The highest BCUT2D eigenvalue weighted by atomic mass is 16.5. The van der Waals surface area contributed by atoms with Crippen LogP contribution in [0, 0.1) is 6.92 Å². The van der Waals surface area contributed by atoms with Crippen molar-refractivity contribution < 1.29 is 14.3 Å². The molecule has 0 radical (unpaired) electrons. The number of hydrogen-bond donors (Lipinski definition) is 1. The molecule has 4 heteroatoms. The molecule has 3 rings (SSSR count).